The lowest BCUT2D eigenvalue weighted by Crippen LogP contribution is -2.52. The van der Waals surface area contributed by atoms with Crippen molar-refractivity contribution in [3.63, 3.8) is 0 Å². The van der Waals surface area contributed by atoms with Crippen LogP contribution in [-0.2, 0) is 9.47 Å². The minimum atomic E-state index is -0.407. The van der Waals surface area contributed by atoms with Gasteiger partial charge in [-0.1, -0.05) is 56.2 Å². The van der Waals surface area contributed by atoms with Crippen LogP contribution in [0.4, 0.5) is 0 Å². The molecule has 2 heterocycles. The SMILES string of the molecule is CC1(C)COC2(CCC3=C(CC[C@@H]4[C@@H]3[C@@H](c3ccc(-c5ccoc5)cc3)C[C@]3(C)[C@@H](O)CC[C@@H]43)C2)OC1. The summed E-state index contributed by atoms with van der Waals surface area (Å²) in [5, 5.41) is 11.2. The van der Waals surface area contributed by atoms with Crippen molar-refractivity contribution >= 4 is 0 Å². The molecule has 0 amide bonds. The topological polar surface area (TPSA) is 51.8 Å². The molecule has 5 aliphatic rings. The van der Waals surface area contributed by atoms with Gasteiger partial charge in [-0.2, -0.15) is 0 Å². The maximum atomic E-state index is 11.2. The van der Waals surface area contributed by atoms with Gasteiger partial charge in [-0.05, 0) is 84.8 Å². The molecule has 0 bridgehead atoms. The molecule has 6 atom stereocenters. The molecule has 198 valence electrons. The first-order valence-electron chi connectivity index (χ1n) is 14.6. The average Bonchev–Trinajstić information content (AvgIpc) is 3.54. The van der Waals surface area contributed by atoms with Crippen LogP contribution in [0.3, 0.4) is 0 Å². The highest BCUT2D eigenvalue weighted by Gasteiger charge is 2.59. The monoisotopic (exact) mass is 502 g/mol. The van der Waals surface area contributed by atoms with Crippen LogP contribution in [0.5, 0.6) is 0 Å². The molecular weight excluding hydrogens is 460 g/mol. The van der Waals surface area contributed by atoms with Gasteiger partial charge in [-0.25, -0.2) is 0 Å². The summed E-state index contributed by atoms with van der Waals surface area (Å²) in [5.41, 5.74) is 7.21. The van der Waals surface area contributed by atoms with Crippen LogP contribution < -0.4 is 0 Å². The summed E-state index contributed by atoms with van der Waals surface area (Å²) in [6, 6.07) is 11.2. The number of allylic oxidation sites excluding steroid dienone is 1. The summed E-state index contributed by atoms with van der Waals surface area (Å²) in [5.74, 6) is 1.90. The molecular formula is C33H42O4. The third kappa shape index (κ3) is 3.89. The molecule has 7 rings (SSSR count). The zero-order valence-corrected chi connectivity index (χ0v) is 22.7. The van der Waals surface area contributed by atoms with E-state index in [2.05, 4.69) is 45.0 Å². The first-order chi connectivity index (χ1) is 17.8. The molecule has 1 aliphatic heterocycles. The maximum Gasteiger partial charge on any atom is 0.172 e. The molecule has 0 radical (unpaired) electrons. The number of ether oxygens (including phenoxy) is 2. The van der Waals surface area contributed by atoms with Gasteiger partial charge in [-0.15, -0.1) is 0 Å². The average molecular weight is 503 g/mol. The number of aliphatic hydroxyl groups is 1. The predicted octanol–water partition coefficient (Wildman–Crippen LogP) is 7.49. The van der Waals surface area contributed by atoms with Crippen molar-refractivity contribution in [2.45, 2.75) is 89.9 Å². The summed E-state index contributed by atoms with van der Waals surface area (Å²) in [6.45, 7) is 8.42. The van der Waals surface area contributed by atoms with E-state index in [0.717, 1.165) is 50.9 Å². The minimum Gasteiger partial charge on any atom is -0.472 e. The van der Waals surface area contributed by atoms with Crippen molar-refractivity contribution in [1.82, 2.24) is 0 Å². The molecule has 4 heteroatoms. The van der Waals surface area contributed by atoms with Gasteiger partial charge in [-0.3, -0.25) is 0 Å². The van der Waals surface area contributed by atoms with E-state index in [1.165, 1.54) is 30.4 Å². The van der Waals surface area contributed by atoms with Crippen molar-refractivity contribution in [3.05, 3.63) is 59.6 Å². The van der Waals surface area contributed by atoms with Gasteiger partial charge in [0.05, 0.1) is 31.8 Å². The standard InChI is InChI=1S/C33H42O4/c1-31(2)19-36-33(37-20-31)14-12-25-23(16-33)8-9-26-28-10-11-29(34)32(28,3)17-27(30(25)26)22-6-4-21(5-7-22)24-13-15-35-18-24/h4-7,13,15,18,26-30,34H,8-12,14,16-17,19-20H2,1-3H3/t26-,27+,28-,29-,30+,32-/m0/s1. The first kappa shape index (κ1) is 24.2. The molecule has 1 aromatic carbocycles. The fourth-order valence-corrected chi connectivity index (χ4v) is 8.95. The van der Waals surface area contributed by atoms with E-state index in [1.54, 1.807) is 17.4 Å². The Bertz CT molecular complexity index is 1170. The Balaban J connectivity index is 1.24. The number of furan rings is 1. The van der Waals surface area contributed by atoms with E-state index < -0.39 is 5.79 Å². The number of rotatable bonds is 2. The molecule has 1 spiro atoms. The Morgan fingerprint density at radius 2 is 1.68 bits per heavy atom. The molecule has 1 aromatic heterocycles. The normalized spacial score (nSPS) is 38.2. The molecule has 4 aliphatic carbocycles. The van der Waals surface area contributed by atoms with E-state index in [0.29, 0.717) is 23.7 Å². The van der Waals surface area contributed by atoms with Crippen molar-refractivity contribution in [1.29, 1.82) is 0 Å². The van der Waals surface area contributed by atoms with Crippen molar-refractivity contribution in [3.8, 4) is 11.1 Å². The third-order valence-electron chi connectivity index (χ3n) is 11.0. The predicted molar refractivity (Wildman–Crippen MR) is 144 cm³/mol. The fourth-order valence-electron chi connectivity index (χ4n) is 8.95. The maximum absolute atomic E-state index is 11.2. The van der Waals surface area contributed by atoms with Crippen LogP contribution >= 0.6 is 0 Å². The largest absolute Gasteiger partial charge is 0.472 e. The van der Waals surface area contributed by atoms with E-state index in [9.17, 15) is 5.11 Å². The van der Waals surface area contributed by atoms with Crippen LogP contribution in [0.25, 0.3) is 11.1 Å². The zero-order valence-electron chi connectivity index (χ0n) is 22.7. The highest BCUT2D eigenvalue weighted by molar-refractivity contribution is 5.62. The molecule has 37 heavy (non-hydrogen) atoms. The Morgan fingerprint density at radius 1 is 0.892 bits per heavy atom. The van der Waals surface area contributed by atoms with E-state index >= 15 is 0 Å². The molecule has 3 fully saturated rings. The number of benzene rings is 1. The lowest BCUT2D eigenvalue weighted by molar-refractivity contribution is -0.303. The zero-order chi connectivity index (χ0) is 25.4. The Hall–Kier alpha value is -1.88. The first-order valence-corrected chi connectivity index (χ1v) is 14.6. The van der Waals surface area contributed by atoms with Gasteiger partial charge in [0.25, 0.3) is 0 Å². The smallest absolute Gasteiger partial charge is 0.172 e. The van der Waals surface area contributed by atoms with Gasteiger partial charge >= 0.3 is 0 Å². The Kier molecular flexibility index (Phi) is 5.59. The number of aliphatic hydroxyl groups excluding tert-OH is 1. The van der Waals surface area contributed by atoms with Gasteiger partial charge in [0, 0.05) is 23.8 Å². The number of hydrogen-bond donors (Lipinski definition) is 1. The van der Waals surface area contributed by atoms with Crippen molar-refractivity contribution < 1.29 is 19.0 Å². The van der Waals surface area contributed by atoms with Gasteiger partial charge in [0.15, 0.2) is 5.79 Å². The molecule has 2 aromatic rings. The minimum absolute atomic E-state index is 0.0180. The summed E-state index contributed by atoms with van der Waals surface area (Å²) in [7, 11) is 0. The second-order valence-corrected chi connectivity index (χ2v) is 13.8. The van der Waals surface area contributed by atoms with Crippen LogP contribution in [0.1, 0.15) is 83.6 Å². The lowest BCUT2D eigenvalue weighted by Gasteiger charge is -2.56. The number of fused-ring (bicyclic) bond motifs is 4. The second kappa shape index (κ2) is 8.56. The molecule has 0 unspecified atom stereocenters. The quantitative estimate of drug-likeness (QED) is 0.432. The van der Waals surface area contributed by atoms with Gasteiger partial charge in [0.2, 0.25) is 0 Å². The van der Waals surface area contributed by atoms with Crippen LogP contribution in [-0.4, -0.2) is 30.2 Å². The Labute approximate surface area is 221 Å². The van der Waals surface area contributed by atoms with E-state index in [1.807, 2.05) is 12.3 Å². The van der Waals surface area contributed by atoms with E-state index in [4.69, 9.17) is 13.9 Å². The van der Waals surface area contributed by atoms with Crippen molar-refractivity contribution in [2.75, 3.05) is 13.2 Å². The number of hydrogen-bond acceptors (Lipinski definition) is 4. The van der Waals surface area contributed by atoms with Crippen LogP contribution in [0.15, 0.2) is 58.4 Å². The molecule has 1 N–H and O–H groups in total. The summed E-state index contributed by atoms with van der Waals surface area (Å²) in [6.07, 6.45) is 12.0. The summed E-state index contributed by atoms with van der Waals surface area (Å²) in [4.78, 5) is 0. The second-order valence-electron chi connectivity index (χ2n) is 13.8. The highest BCUT2D eigenvalue weighted by atomic mass is 16.7. The Morgan fingerprint density at radius 3 is 2.41 bits per heavy atom. The summed E-state index contributed by atoms with van der Waals surface area (Å²) < 4.78 is 18.3. The summed E-state index contributed by atoms with van der Waals surface area (Å²) >= 11 is 0. The third-order valence-corrected chi connectivity index (χ3v) is 11.0. The van der Waals surface area contributed by atoms with Gasteiger partial charge in [0.1, 0.15) is 0 Å². The van der Waals surface area contributed by atoms with E-state index in [-0.39, 0.29) is 16.9 Å². The van der Waals surface area contributed by atoms with Crippen LogP contribution in [0, 0.1) is 28.6 Å². The highest BCUT2D eigenvalue weighted by Crippen LogP contribution is 2.65. The van der Waals surface area contributed by atoms with Gasteiger partial charge < -0.3 is 19.0 Å². The molecule has 4 nitrogen and oxygen atoms in total. The van der Waals surface area contributed by atoms with Crippen LogP contribution in [0.2, 0.25) is 0 Å². The molecule has 2 saturated carbocycles. The molecule has 1 saturated heterocycles. The lowest BCUT2D eigenvalue weighted by atomic mass is 9.49. The fraction of sp³-hybridized carbons (Fsp3) is 0.636. The van der Waals surface area contributed by atoms with Crippen molar-refractivity contribution in [2.24, 2.45) is 28.6 Å².